The van der Waals surface area contributed by atoms with E-state index in [1.807, 2.05) is 24.3 Å². The molecule has 88 valence electrons. The summed E-state index contributed by atoms with van der Waals surface area (Å²) in [5.74, 6) is 0. The SMILES string of the molecule is Cc1cccc(-c2ccc3cc(Cl)ccc3n2)c1. The fourth-order valence-electron chi connectivity index (χ4n) is 2.06. The van der Waals surface area contributed by atoms with Crippen LogP contribution in [-0.2, 0) is 0 Å². The first-order valence-corrected chi connectivity index (χ1v) is 6.23. The van der Waals surface area contributed by atoms with Crippen LogP contribution in [0.15, 0.2) is 54.6 Å². The van der Waals surface area contributed by atoms with Gasteiger partial charge in [-0.1, -0.05) is 41.4 Å². The summed E-state index contributed by atoms with van der Waals surface area (Å²) in [4.78, 5) is 4.67. The van der Waals surface area contributed by atoms with Crippen molar-refractivity contribution in [2.24, 2.45) is 0 Å². The summed E-state index contributed by atoms with van der Waals surface area (Å²) in [6.07, 6.45) is 0. The van der Waals surface area contributed by atoms with Gasteiger partial charge in [0.15, 0.2) is 0 Å². The van der Waals surface area contributed by atoms with Crippen molar-refractivity contribution in [2.75, 3.05) is 0 Å². The van der Waals surface area contributed by atoms with Crippen molar-refractivity contribution < 1.29 is 0 Å². The average molecular weight is 254 g/mol. The van der Waals surface area contributed by atoms with Gasteiger partial charge in [-0.15, -0.1) is 0 Å². The molecule has 1 aromatic heterocycles. The molecule has 0 aliphatic carbocycles. The first-order chi connectivity index (χ1) is 8.72. The lowest BCUT2D eigenvalue weighted by Crippen LogP contribution is -1.85. The molecule has 0 N–H and O–H groups in total. The molecule has 0 saturated carbocycles. The van der Waals surface area contributed by atoms with Gasteiger partial charge in [0.05, 0.1) is 11.2 Å². The van der Waals surface area contributed by atoms with E-state index in [4.69, 9.17) is 11.6 Å². The molecule has 2 aromatic carbocycles. The van der Waals surface area contributed by atoms with Gasteiger partial charge in [-0.2, -0.15) is 0 Å². The van der Waals surface area contributed by atoms with Crippen LogP contribution in [0.1, 0.15) is 5.56 Å². The maximum Gasteiger partial charge on any atom is 0.0710 e. The monoisotopic (exact) mass is 253 g/mol. The van der Waals surface area contributed by atoms with Gasteiger partial charge in [0.25, 0.3) is 0 Å². The summed E-state index contributed by atoms with van der Waals surface area (Å²) < 4.78 is 0. The van der Waals surface area contributed by atoms with E-state index in [1.165, 1.54) is 5.56 Å². The molecule has 0 aliphatic rings. The van der Waals surface area contributed by atoms with Crippen molar-refractivity contribution in [3.05, 3.63) is 65.2 Å². The fourth-order valence-corrected chi connectivity index (χ4v) is 2.24. The topological polar surface area (TPSA) is 12.9 Å². The Morgan fingerprint density at radius 2 is 1.83 bits per heavy atom. The largest absolute Gasteiger partial charge is 0.248 e. The van der Waals surface area contributed by atoms with E-state index in [2.05, 4.69) is 42.2 Å². The number of aryl methyl sites for hydroxylation is 1. The molecule has 0 atom stereocenters. The Morgan fingerprint density at radius 3 is 2.67 bits per heavy atom. The molecule has 2 heteroatoms. The zero-order valence-corrected chi connectivity index (χ0v) is 10.8. The molecule has 1 heterocycles. The number of hydrogen-bond donors (Lipinski definition) is 0. The fraction of sp³-hybridized carbons (Fsp3) is 0.0625. The zero-order chi connectivity index (χ0) is 12.5. The molecular weight excluding hydrogens is 242 g/mol. The zero-order valence-electron chi connectivity index (χ0n) is 10.0. The lowest BCUT2D eigenvalue weighted by atomic mass is 10.1. The van der Waals surface area contributed by atoms with Crippen LogP contribution in [0.25, 0.3) is 22.2 Å². The van der Waals surface area contributed by atoms with Crippen LogP contribution in [0.3, 0.4) is 0 Å². The first kappa shape index (κ1) is 11.2. The molecule has 0 amide bonds. The summed E-state index contributed by atoms with van der Waals surface area (Å²) in [7, 11) is 0. The minimum Gasteiger partial charge on any atom is -0.248 e. The molecule has 3 rings (SSSR count). The lowest BCUT2D eigenvalue weighted by molar-refractivity contribution is 1.38. The summed E-state index contributed by atoms with van der Waals surface area (Å²) in [6, 6.07) is 18.2. The highest BCUT2D eigenvalue weighted by Gasteiger charge is 2.02. The van der Waals surface area contributed by atoms with E-state index >= 15 is 0 Å². The number of nitrogens with zero attached hydrogens (tertiary/aromatic N) is 1. The summed E-state index contributed by atoms with van der Waals surface area (Å²) in [6.45, 7) is 2.09. The van der Waals surface area contributed by atoms with Crippen LogP contribution in [0.4, 0.5) is 0 Å². The maximum absolute atomic E-state index is 5.97. The molecule has 0 spiro atoms. The highest BCUT2D eigenvalue weighted by molar-refractivity contribution is 6.31. The minimum atomic E-state index is 0.743. The van der Waals surface area contributed by atoms with Crippen molar-refractivity contribution in [1.29, 1.82) is 0 Å². The van der Waals surface area contributed by atoms with Crippen LogP contribution in [0.5, 0.6) is 0 Å². The Hall–Kier alpha value is -1.86. The number of aromatic nitrogens is 1. The number of rotatable bonds is 1. The smallest absolute Gasteiger partial charge is 0.0710 e. The lowest BCUT2D eigenvalue weighted by Gasteiger charge is -2.04. The Bertz CT molecular complexity index is 719. The Balaban J connectivity index is 2.16. The van der Waals surface area contributed by atoms with Gasteiger partial charge in [0, 0.05) is 16.0 Å². The molecule has 0 fully saturated rings. The maximum atomic E-state index is 5.97. The van der Waals surface area contributed by atoms with Crippen molar-refractivity contribution >= 4 is 22.5 Å². The third-order valence-electron chi connectivity index (χ3n) is 2.97. The van der Waals surface area contributed by atoms with Crippen molar-refractivity contribution in [3.8, 4) is 11.3 Å². The predicted octanol–water partition coefficient (Wildman–Crippen LogP) is 4.86. The number of hydrogen-bond acceptors (Lipinski definition) is 1. The number of pyridine rings is 1. The summed E-state index contributed by atoms with van der Waals surface area (Å²) in [5.41, 5.74) is 4.35. The van der Waals surface area contributed by atoms with Gasteiger partial charge in [-0.05, 0) is 37.3 Å². The van der Waals surface area contributed by atoms with Gasteiger partial charge in [-0.3, -0.25) is 0 Å². The molecule has 3 aromatic rings. The average Bonchev–Trinajstić information content (AvgIpc) is 2.38. The second-order valence-corrected chi connectivity index (χ2v) is 4.84. The van der Waals surface area contributed by atoms with E-state index in [0.717, 1.165) is 27.2 Å². The van der Waals surface area contributed by atoms with Gasteiger partial charge in [0.1, 0.15) is 0 Å². The van der Waals surface area contributed by atoms with E-state index in [-0.39, 0.29) is 0 Å². The first-order valence-electron chi connectivity index (χ1n) is 5.86. The van der Waals surface area contributed by atoms with E-state index in [9.17, 15) is 0 Å². The highest BCUT2D eigenvalue weighted by Crippen LogP contribution is 2.23. The van der Waals surface area contributed by atoms with Gasteiger partial charge >= 0.3 is 0 Å². The molecule has 0 radical (unpaired) electrons. The molecule has 0 aliphatic heterocycles. The molecule has 0 saturated heterocycles. The molecule has 0 unspecified atom stereocenters. The number of fused-ring (bicyclic) bond motifs is 1. The number of halogens is 1. The van der Waals surface area contributed by atoms with E-state index in [1.54, 1.807) is 0 Å². The van der Waals surface area contributed by atoms with Crippen molar-refractivity contribution in [2.45, 2.75) is 6.92 Å². The van der Waals surface area contributed by atoms with Crippen LogP contribution in [0.2, 0.25) is 5.02 Å². The third-order valence-corrected chi connectivity index (χ3v) is 3.20. The second-order valence-electron chi connectivity index (χ2n) is 4.40. The molecule has 0 bridgehead atoms. The van der Waals surface area contributed by atoms with Crippen molar-refractivity contribution in [3.63, 3.8) is 0 Å². The van der Waals surface area contributed by atoms with Gasteiger partial charge in [0.2, 0.25) is 0 Å². The minimum absolute atomic E-state index is 0.743. The van der Waals surface area contributed by atoms with Gasteiger partial charge < -0.3 is 0 Å². The van der Waals surface area contributed by atoms with Crippen LogP contribution < -0.4 is 0 Å². The molecule has 1 nitrogen and oxygen atoms in total. The standard InChI is InChI=1S/C16H12ClN/c1-11-3-2-4-12(9-11)15-7-5-13-10-14(17)6-8-16(13)18-15/h2-10H,1H3. The Kier molecular flexibility index (Phi) is 2.77. The summed E-state index contributed by atoms with van der Waals surface area (Å²) in [5, 5.41) is 1.81. The quantitative estimate of drug-likeness (QED) is 0.603. The van der Waals surface area contributed by atoms with E-state index < -0.39 is 0 Å². The third kappa shape index (κ3) is 2.09. The van der Waals surface area contributed by atoms with Crippen LogP contribution in [0, 0.1) is 6.92 Å². The summed E-state index contributed by atoms with van der Waals surface area (Å²) >= 11 is 5.97. The molecule has 18 heavy (non-hydrogen) atoms. The van der Waals surface area contributed by atoms with Gasteiger partial charge in [-0.25, -0.2) is 4.98 Å². The number of benzene rings is 2. The molecular formula is C16H12ClN. The van der Waals surface area contributed by atoms with Crippen LogP contribution >= 0.6 is 11.6 Å². The highest BCUT2D eigenvalue weighted by atomic mass is 35.5. The predicted molar refractivity (Wildman–Crippen MR) is 76.9 cm³/mol. The second kappa shape index (κ2) is 4.43. The van der Waals surface area contributed by atoms with E-state index in [0.29, 0.717) is 0 Å². The van der Waals surface area contributed by atoms with Crippen molar-refractivity contribution in [1.82, 2.24) is 4.98 Å². The Labute approximate surface area is 111 Å². The Morgan fingerprint density at radius 1 is 0.944 bits per heavy atom. The van der Waals surface area contributed by atoms with Crippen LogP contribution in [-0.4, -0.2) is 4.98 Å². The normalized spacial score (nSPS) is 10.8.